The summed E-state index contributed by atoms with van der Waals surface area (Å²) in [7, 11) is 1.68. The fourth-order valence-corrected chi connectivity index (χ4v) is 2.58. The number of nitrogens with one attached hydrogen (secondary N) is 1. The Hall–Kier alpha value is -1.84. The predicted octanol–water partition coefficient (Wildman–Crippen LogP) is 3.45. The van der Waals surface area contributed by atoms with Crippen LogP contribution in [-0.2, 0) is 6.42 Å². The molecule has 112 valence electrons. The molecular weight excluding hydrogens is 260 g/mol. The van der Waals surface area contributed by atoms with Crippen LogP contribution >= 0.6 is 0 Å². The van der Waals surface area contributed by atoms with E-state index in [1.54, 1.807) is 7.11 Å². The molecule has 0 aliphatic heterocycles. The molecule has 2 rings (SSSR count). The molecule has 0 saturated carbocycles. The zero-order valence-corrected chi connectivity index (χ0v) is 13.0. The molecule has 0 aromatic heterocycles. The van der Waals surface area contributed by atoms with Gasteiger partial charge in [-0.2, -0.15) is 0 Å². The number of aryl methyl sites for hydroxylation is 2. The van der Waals surface area contributed by atoms with E-state index in [2.05, 4.69) is 49.6 Å². The summed E-state index contributed by atoms with van der Waals surface area (Å²) in [6.45, 7) is 4.29. The molecule has 1 atom stereocenters. The van der Waals surface area contributed by atoms with Gasteiger partial charge in [-0.1, -0.05) is 30.3 Å². The van der Waals surface area contributed by atoms with Crippen LogP contribution in [0.25, 0.3) is 0 Å². The molecule has 21 heavy (non-hydrogen) atoms. The summed E-state index contributed by atoms with van der Waals surface area (Å²) in [5.41, 5.74) is 8.15. The highest BCUT2D eigenvalue weighted by Crippen LogP contribution is 2.24. The van der Waals surface area contributed by atoms with E-state index in [-0.39, 0.29) is 6.04 Å². The molecule has 3 nitrogen and oxygen atoms in total. The maximum absolute atomic E-state index is 5.76. The Bertz CT molecular complexity index is 578. The second-order valence-electron chi connectivity index (χ2n) is 5.40. The molecule has 0 amide bonds. The molecule has 0 fully saturated rings. The van der Waals surface area contributed by atoms with Crippen LogP contribution in [0.5, 0.6) is 5.75 Å². The Labute approximate surface area is 127 Å². The van der Waals surface area contributed by atoms with Gasteiger partial charge in [0.25, 0.3) is 0 Å². The summed E-state index contributed by atoms with van der Waals surface area (Å²) >= 11 is 0. The molecule has 0 spiro atoms. The van der Waals surface area contributed by atoms with Crippen molar-refractivity contribution in [1.82, 2.24) is 5.43 Å². The lowest BCUT2D eigenvalue weighted by Gasteiger charge is -2.19. The number of benzene rings is 2. The molecule has 3 heteroatoms. The second kappa shape index (κ2) is 7.25. The lowest BCUT2D eigenvalue weighted by molar-refractivity contribution is 0.414. The van der Waals surface area contributed by atoms with E-state index in [1.165, 1.54) is 22.3 Å². The predicted molar refractivity (Wildman–Crippen MR) is 87.3 cm³/mol. The second-order valence-corrected chi connectivity index (χ2v) is 5.40. The number of rotatable bonds is 6. The topological polar surface area (TPSA) is 47.3 Å². The third kappa shape index (κ3) is 3.84. The van der Waals surface area contributed by atoms with Gasteiger partial charge in [0.2, 0.25) is 0 Å². The largest absolute Gasteiger partial charge is 0.497 e. The Morgan fingerprint density at radius 2 is 1.81 bits per heavy atom. The number of nitrogens with two attached hydrogens (primary N) is 1. The lowest BCUT2D eigenvalue weighted by atomic mass is 9.94. The van der Waals surface area contributed by atoms with E-state index in [0.29, 0.717) is 0 Å². The van der Waals surface area contributed by atoms with Crippen molar-refractivity contribution in [3.63, 3.8) is 0 Å². The van der Waals surface area contributed by atoms with Gasteiger partial charge >= 0.3 is 0 Å². The fraction of sp³-hybridized carbons (Fsp3) is 0.333. The van der Waals surface area contributed by atoms with Crippen LogP contribution in [0.4, 0.5) is 0 Å². The quantitative estimate of drug-likeness (QED) is 0.631. The van der Waals surface area contributed by atoms with Gasteiger partial charge in [0.05, 0.1) is 7.11 Å². The number of methoxy groups -OCH3 is 1. The minimum absolute atomic E-state index is 0.173. The first kappa shape index (κ1) is 15.5. The fourth-order valence-electron chi connectivity index (χ4n) is 2.58. The summed E-state index contributed by atoms with van der Waals surface area (Å²) in [5, 5.41) is 0. The van der Waals surface area contributed by atoms with Gasteiger partial charge in [-0.25, -0.2) is 0 Å². The first-order valence-corrected chi connectivity index (χ1v) is 7.31. The highest BCUT2D eigenvalue weighted by molar-refractivity contribution is 5.35. The summed E-state index contributed by atoms with van der Waals surface area (Å²) in [6.07, 6.45) is 1.94. The standard InChI is InChI=1S/C18H24N2O/c1-13-5-4-6-17(14(13)2)18(20-19)12-9-15-7-10-16(21-3)11-8-15/h4-8,10-11,18,20H,9,12,19H2,1-3H3. The Morgan fingerprint density at radius 1 is 1.10 bits per heavy atom. The van der Waals surface area contributed by atoms with Crippen LogP contribution in [0.2, 0.25) is 0 Å². The molecule has 0 saturated heterocycles. The van der Waals surface area contributed by atoms with Crippen LogP contribution in [0.15, 0.2) is 42.5 Å². The Morgan fingerprint density at radius 3 is 2.43 bits per heavy atom. The molecular formula is C18H24N2O. The van der Waals surface area contributed by atoms with Gasteiger partial charge in [-0.3, -0.25) is 11.3 Å². The van der Waals surface area contributed by atoms with Crippen molar-refractivity contribution < 1.29 is 4.74 Å². The third-order valence-electron chi connectivity index (χ3n) is 4.10. The number of hydrazine groups is 1. The smallest absolute Gasteiger partial charge is 0.118 e. The molecule has 0 aliphatic rings. The van der Waals surface area contributed by atoms with Gasteiger partial charge in [0.1, 0.15) is 5.75 Å². The average Bonchev–Trinajstić information content (AvgIpc) is 2.52. The molecule has 1 unspecified atom stereocenters. The molecule has 0 bridgehead atoms. The van der Waals surface area contributed by atoms with E-state index < -0.39 is 0 Å². The number of hydrogen-bond acceptors (Lipinski definition) is 3. The molecule has 2 aromatic carbocycles. The normalized spacial score (nSPS) is 12.2. The summed E-state index contributed by atoms with van der Waals surface area (Å²) in [6, 6.07) is 14.8. The monoisotopic (exact) mass is 284 g/mol. The van der Waals surface area contributed by atoms with Crippen molar-refractivity contribution >= 4 is 0 Å². The Kier molecular flexibility index (Phi) is 5.37. The van der Waals surface area contributed by atoms with E-state index in [0.717, 1.165) is 18.6 Å². The van der Waals surface area contributed by atoms with E-state index in [9.17, 15) is 0 Å². The van der Waals surface area contributed by atoms with Gasteiger partial charge in [0.15, 0.2) is 0 Å². The lowest BCUT2D eigenvalue weighted by Crippen LogP contribution is -2.29. The molecule has 0 aliphatic carbocycles. The van der Waals surface area contributed by atoms with E-state index in [1.807, 2.05) is 12.1 Å². The summed E-state index contributed by atoms with van der Waals surface area (Å²) in [4.78, 5) is 0. The van der Waals surface area contributed by atoms with Crippen molar-refractivity contribution in [2.45, 2.75) is 32.7 Å². The van der Waals surface area contributed by atoms with Crippen LogP contribution in [0.1, 0.15) is 34.7 Å². The van der Waals surface area contributed by atoms with Gasteiger partial charge in [-0.05, 0) is 61.1 Å². The molecule has 0 radical (unpaired) electrons. The van der Waals surface area contributed by atoms with Crippen LogP contribution in [-0.4, -0.2) is 7.11 Å². The number of ether oxygens (including phenoxy) is 1. The average molecular weight is 284 g/mol. The molecule has 3 N–H and O–H groups in total. The van der Waals surface area contributed by atoms with Crippen molar-refractivity contribution in [2.75, 3.05) is 7.11 Å². The van der Waals surface area contributed by atoms with E-state index >= 15 is 0 Å². The minimum atomic E-state index is 0.173. The molecule has 2 aromatic rings. The SMILES string of the molecule is COc1ccc(CCC(NN)c2cccc(C)c2C)cc1. The zero-order valence-electron chi connectivity index (χ0n) is 13.0. The van der Waals surface area contributed by atoms with Gasteiger partial charge in [0, 0.05) is 6.04 Å². The highest BCUT2D eigenvalue weighted by Gasteiger charge is 2.13. The van der Waals surface area contributed by atoms with Gasteiger partial charge < -0.3 is 4.74 Å². The zero-order chi connectivity index (χ0) is 15.2. The van der Waals surface area contributed by atoms with Crippen LogP contribution in [0.3, 0.4) is 0 Å². The first-order chi connectivity index (χ1) is 10.2. The van der Waals surface area contributed by atoms with Gasteiger partial charge in [-0.15, -0.1) is 0 Å². The summed E-state index contributed by atoms with van der Waals surface area (Å²) < 4.78 is 5.18. The summed E-state index contributed by atoms with van der Waals surface area (Å²) in [5.74, 6) is 6.65. The Balaban J connectivity index is 2.06. The first-order valence-electron chi connectivity index (χ1n) is 7.31. The van der Waals surface area contributed by atoms with Crippen LogP contribution < -0.4 is 16.0 Å². The maximum Gasteiger partial charge on any atom is 0.118 e. The number of hydrogen-bond donors (Lipinski definition) is 2. The highest BCUT2D eigenvalue weighted by atomic mass is 16.5. The van der Waals surface area contributed by atoms with Crippen molar-refractivity contribution in [2.24, 2.45) is 5.84 Å². The molecule has 0 heterocycles. The van der Waals surface area contributed by atoms with Crippen molar-refractivity contribution in [3.05, 3.63) is 64.7 Å². The van der Waals surface area contributed by atoms with E-state index in [4.69, 9.17) is 10.6 Å². The van der Waals surface area contributed by atoms with Crippen LogP contribution in [0, 0.1) is 13.8 Å². The third-order valence-corrected chi connectivity index (χ3v) is 4.10. The minimum Gasteiger partial charge on any atom is -0.497 e. The van der Waals surface area contributed by atoms with Crippen molar-refractivity contribution in [1.29, 1.82) is 0 Å². The maximum atomic E-state index is 5.76. The van der Waals surface area contributed by atoms with Crippen molar-refractivity contribution in [3.8, 4) is 5.75 Å².